The molecule has 6 rings (SSSR count). The molecule has 0 aromatic heterocycles. The Bertz CT molecular complexity index is 1090. The van der Waals surface area contributed by atoms with Gasteiger partial charge in [0.05, 0.1) is 5.69 Å². The lowest BCUT2D eigenvalue weighted by Gasteiger charge is -2.65. The number of nitrogens with zero attached hydrogens (tertiary/aromatic N) is 2. The van der Waals surface area contributed by atoms with Crippen molar-refractivity contribution in [1.82, 2.24) is 15.1 Å². The van der Waals surface area contributed by atoms with E-state index in [2.05, 4.69) is 24.5 Å². The molecular formula is C30H43FN4O3. The third-order valence-electron chi connectivity index (χ3n) is 9.68. The molecule has 8 heteroatoms. The Kier molecular flexibility index (Phi) is 6.97. The summed E-state index contributed by atoms with van der Waals surface area (Å²) in [6.45, 7) is 11.0. The third-order valence-corrected chi connectivity index (χ3v) is 9.68. The maximum Gasteiger partial charge on any atom is 0.319 e. The SMILES string of the molecule is CCN(CC)C(=O)C1CCN(C(=O)c2ccc(NC(=O)NC34CC5C[C@@](C)(C3)C[C@](C)(C5)C4)c(F)c2)CC1. The van der Waals surface area contributed by atoms with Gasteiger partial charge < -0.3 is 20.4 Å². The Morgan fingerprint density at radius 1 is 1.00 bits per heavy atom. The zero-order chi connectivity index (χ0) is 27.3. The molecule has 2 N–H and O–H groups in total. The minimum absolute atomic E-state index is 0.0695. The summed E-state index contributed by atoms with van der Waals surface area (Å²) in [5, 5.41) is 5.95. The van der Waals surface area contributed by atoms with Crippen LogP contribution >= 0.6 is 0 Å². The Labute approximate surface area is 225 Å². The maximum absolute atomic E-state index is 15.0. The van der Waals surface area contributed by atoms with Gasteiger partial charge in [-0.2, -0.15) is 0 Å². The molecule has 208 valence electrons. The van der Waals surface area contributed by atoms with Crippen molar-refractivity contribution >= 4 is 23.5 Å². The Morgan fingerprint density at radius 3 is 2.18 bits per heavy atom. The average Bonchev–Trinajstić information content (AvgIpc) is 2.83. The molecule has 1 aromatic rings. The van der Waals surface area contributed by atoms with Gasteiger partial charge in [-0.1, -0.05) is 13.8 Å². The van der Waals surface area contributed by atoms with Crippen molar-refractivity contribution in [2.45, 2.75) is 84.6 Å². The highest BCUT2D eigenvalue weighted by atomic mass is 19.1. The van der Waals surface area contributed by atoms with Gasteiger partial charge >= 0.3 is 6.03 Å². The summed E-state index contributed by atoms with van der Waals surface area (Å²) >= 11 is 0. The van der Waals surface area contributed by atoms with Crippen LogP contribution in [0.1, 0.15) is 89.4 Å². The molecule has 1 heterocycles. The summed E-state index contributed by atoms with van der Waals surface area (Å²) in [5.74, 6) is -0.145. The molecule has 4 amide bonds. The van der Waals surface area contributed by atoms with E-state index in [1.807, 2.05) is 18.7 Å². The summed E-state index contributed by atoms with van der Waals surface area (Å²) in [5.41, 5.74) is 0.635. The van der Waals surface area contributed by atoms with Crippen molar-refractivity contribution in [1.29, 1.82) is 0 Å². The van der Waals surface area contributed by atoms with Gasteiger partial charge in [-0.15, -0.1) is 0 Å². The number of urea groups is 1. The Morgan fingerprint density at radius 2 is 1.63 bits per heavy atom. The van der Waals surface area contributed by atoms with E-state index in [-0.39, 0.29) is 51.4 Å². The molecular weight excluding hydrogens is 483 g/mol. The Balaban J connectivity index is 1.18. The van der Waals surface area contributed by atoms with Crippen LogP contribution in [0.3, 0.4) is 0 Å². The van der Waals surface area contributed by atoms with E-state index in [9.17, 15) is 14.4 Å². The molecule has 5 aliphatic rings. The molecule has 4 saturated carbocycles. The number of rotatable bonds is 6. The first-order valence-electron chi connectivity index (χ1n) is 14.4. The molecule has 0 spiro atoms. The number of carbonyl (C=O) groups excluding carboxylic acids is 3. The molecule has 1 aliphatic heterocycles. The van der Waals surface area contributed by atoms with E-state index in [1.165, 1.54) is 31.4 Å². The number of halogens is 1. The van der Waals surface area contributed by atoms with Gasteiger partial charge in [0.1, 0.15) is 5.82 Å². The number of amides is 4. The molecule has 0 radical (unpaired) electrons. The van der Waals surface area contributed by atoms with Gasteiger partial charge in [0.15, 0.2) is 0 Å². The number of hydrogen-bond donors (Lipinski definition) is 2. The average molecular weight is 527 g/mol. The summed E-state index contributed by atoms with van der Waals surface area (Å²) in [7, 11) is 0. The minimum atomic E-state index is -0.623. The van der Waals surface area contributed by atoms with Crippen molar-refractivity contribution in [2.75, 3.05) is 31.5 Å². The monoisotopic (exact) mass is 526 g/mol. The normalized spacial score (nSPS) is 32.2. The zero-order valence-electron chi connectivity index (χ0n) is 23.4. The van der Waals surface area contributed by atoms with Crippen LogP contribution in [0, 0.1) is 28.5 Å². The highest BCUT2D eigenvalue weighted by Crippen LogP contribution is 2.66. The first-order chi connectivity index (χ1) is 18.0. The van der Waals surface area contributed by atoms with Crippen LogP contribution in [0.4, 0.5) is 14.9 Å². The summed E-state index contributed by atoms with van der Waals surface area (Å²) in [4.78, 5) is 42.2. The lowest BCUT2D eigenvalue weighted by Crippen LogP contribution is -2.65. The minimum Gasteiger partial charge on any atom is -0.343 e. The molecule has 2 unspecified atom stereocenters. The van der Waals surface area contributed by atoms with Gasteiger partial charge in [-0.25, -0.2) is 9.18 Å². The maximum atomic E-state index is 15.0. The smallest absolute Gasteiger partial charge is 0.319 e. The van der Waals surface area contributed by atoms with Gasteiger partial charge in [0.25, 0.3) is 5.91 Å². The summed E-state index contributed by atoms with van der Waals surface area (Å²) < 4.78 is 15.0. The van der Waals surface area contributed by atoms with E-state index in [0.29, 0.717) is 44.9 Å². The predicted octanol–water partition coefficient (Wildman–Crippen LogP) is 5.42. The van der Waals surface area contributed by atoms with Crippen LogP contribution in [0.2, 0.25) is 0 Å². The van der Waals surface area contributed by atoms with E-state index in [1.54, 1.807) is 11.0 Å². The number of benzene rings is 1. The van der Waals surface area contributed by atoms with Crippen LogP contribution in [-0.2, 0) is 4.79 Å². The van der Waals surface area contributed by atoms with E-state index < -0.39 is 5.82 Å². The van der Waals surface area contributed by atoms with Crippen molar-refractivity contribution in [2.24, 2.45) is 22.7 Å². The Hall–Kier alpha value is -2.64. The second-order valence-corrected chi connectivity index (χ2v) is 13.3. The van der Waals surface area contributed by atoms with E-state index in [4.69, 9.17) is 0 Å². The van der Waals surface area contributed by atoms with Crippen molar-refractivity contribution in [3.63, 3.8) is 0 Å². The third kappa shape index (κ3) is 5.15. The van der Waals surface area contributed by atoms with Gasteiger partial charge in [-0.05, 0) is 100 Å². The quantitative estimate of drug-likeness (QED) is 0.520. The number of carbonyl (C=O) groups is 3. The zero-order valence-corrected chi connectivity index (χ0v) is 23.4. The van der Waals surface area contributed by atoms with Crippen LogP contribution in [0.5, 0.6) is 0 Å². The number of piperidine rings is 1. The number of nitrogens with one attached hydrogen (secondary N) is 2. The molecule has 4 atom stereocenters. The van der Waals surface area contributed by atoms with Crippen molar-refractivity contribution < 1.29 is 18.8 Å². The summed E-state index contributed by atoms with van der Waals surface area (Å²) in [6.07, 6.45) is 7.88. The highest BCUT2D eigenvalue weighted by Gasteiger charge is 2.60. The van der Waals surface area contributed by atoms with Crippen molar-refractivity contribution in [3.05, 3.63) is 29.6 Å². The van der Waals surface area contributed by atoms with Crippen LogP contribution in [0.15, 0.2) is 18.2 Å². The number of anilines is 1. The first-order valence-corrected chi connectivity index (χ1v) is 14.4. The fourth-order valence-electron chi connectivity index (χ4n) is 9.04. The molecule has 5 fully saturated rings. The summed E-state index contributed by atoms with van der Waals surface area (Å²) in [6, 6.07) is 3.87. The standard InChI is InChI=1S/C30H43FN4O3/c1-5-34(6-2)25(36)21-9-11-35(12-10-21)26(37)22-7-8-24(23(31)13-22)32-27(38)33-30-16-20-14-28(3,18-30)17-29(4,15-20)19-30/h7-8,13,20-21H,5-6,9-12,14-19H2,1-4H3,(H2,32,33,38)/t20?,28-,29+,30?. The van der Waals surface area contributed by atoms with Crippen LogP contribution in [0.25, 0.3) is 0 Å². The topological polar surface area (TPSA) is 81.8 Å². The fraction of sp³-hybridized carbons (Fsp3) is 0.700. The molecule has 1 saturated heterocycles. The van der Waals surface area contributed by atoms with Crippen LogP contribution in [-0.4, -0.2) is 59.4 Å². The van der Waals surface area contributed by atoms with Crippen molar-refractivity contribution in [3.8, 4) is 0 Å². The fourth-order valence-corrected chi connectivity index (χ4v) is 9.04. The molecule has 4 aliphatic carbocycles. The molecule has 4 bridgehead atoms. The predicted molar refractivity (Wildman–Crippen MR) is 145 cm³/mol. The second kappa shape index (κ2) is 9.83. The molecule has 38 heavy (non-hydrogen) atoms. The highest BCUT2D eigenvalue weighted by molar-refractivity contribution is 5.96. The molecule has 7 nitrogen and oxygen atoms in total. The van der Waals surface area contributed by atoms with Gasteiger partial charge in [0, 0.05) is 43.2 Å². The molecule has 1 aromatic carbocycles. The second-order valence-electron chi connectivity index (χ2n) is 13.3. The van der Waals surface area contributed by atoms with Gasteiger partial charge in [-0.3, -0.25) is 9.59 Å². The van der Waals surface area contributed by atoms with Crippen LogP contribution < -0.4 is 10.6 Å². The first kappa shape index (κ1) is 26.9. The van der Waals surface area contributed by atoms with E-state index in [0.717, 1.165) is 19.3 Å². The van der Waals surface area contributed by atoms with Gasteiger partial charge in [0.2, 0.25) is 5.91 Å². The number of likely N-dealkylation sites (tertiary alicyclic amines) is 1. The lowest BCUT2D eigenvalue weighted by molar-refractivity contribution is -0.136. The number of hydrogen-bond acceptors (Lipinski definition) is 3. The lowest BCUT2D eigenvalue weighted by atomic mass is 9.43. The van der Waals surface area contributed by atoms with E-state index >= 15 is 4.39 Å². The largest absolute Gasteiger partial charge is 0.343 e.